The van der Waals surface area contributed by atoms with Crippen LogP contribution in [0.5, 0.6) is 0 Å². The summed E-state index contributed by atoms with van der Waals surface area (Å²) >= 11 is 0. The largest absolute Gasteiger partial charge is 0.436 e. The van der Waals surface area contributed by atoms with E-state index >= 15 is 0 Å². The van der Waals surface area contributed by atoms with Crippen LogP contribution in [0.1, 0.15) is 70.6 Å². The molecule has 0 radical (unpaired) electrons. The molecule has 0 heterocycles. The van der Waals surface area contributed by atoms with Crippen LogP contribution in [-0.4, -0.2) is 23.4 Å². The van der Waals surface area contributed by atoms with Gasteiger partial charge in [-0.1, -0.05) is 19.3 Å². The lowest BCUT2D eigenvalue weighted by atomic mass is 9.92. The molecular weight excluding hydrogens is 272 g/mol. The van der Waals surface area contributed by atoms with Gasteiger partial charge in [-0.2, -0.15) is 0 Å². The van der Waals surface area contributed by atoms with Crippen molar-refractivity contribution in [1.29, 1.82) is 0 Å². The normalized spacial score (nSPS) is 24.7. The number of carbonyl (C=O) groups excluding carboxylic acids is 2. The van der Waals surface area contributed by atoms with Crippen molar-refractivity contribution in [2.45, 2.75) is 82.1 Å². The van der Waals surface area contributed by atoms with Gasteiger partial charge in [0.25, 0.3) is 0 Å². The van der Waals surface area contributed by atoms with E-state index in [0.717, 1.165) is 44.9 Å². The fourth-order valence-electron chi connectivity index (χ4n) is 3.13. The molecule has 2 fully saturated rings. The second-order valence-electron chi connectivity index (χ2n) is 6.38. The SMILES string of the molecule is NC1(OC(=O)C(=O)OC2(N)CCCCC2)CCCCCC1. The van der Waals surface area contributed by atoms with Crippen molar-refractivity contribution in [3.63, 3.8) is 0 Å². The summed E-state index contributed by atoms with van der Waals surface area (Å²) in [5.74, 6) is -2.04. The standard InChI is InChI=1S/C15H26N2O4/c16-14(8-4-1-2-5-9-14)20-12(18)13(19)21-15(17)10-6-3-7-11-15/h1-11,16-17H2. The summed E-state index contributed by atoms with van der Waals surface area (Å²) in [6.45, 7) is 0. The second-order valence-corrected chi connectivity index (χ2v) is 6.38. The highest BCUT2D eigenvalue weighted by atomic mass is 16.6. The molecule has 0 amide bonds. The predicted molar refractivity (Wildman–Crippen MR) is 76.8 cm³/mol. The fourth-order valence-corrected chi connectivity index (χ4v) is 3.13. The summed E-state index contributed by atoms with van der Waals surface area (Å²) < 4.78 is 10.4. The zero-order chi connectivity index (χ0) is 15.3. The molecule has 0 unspecified atom stereocenters. The number of esters is 2. The van der Waals surface area contributed by atoms with Gasteiger partial charge in [-0.15, -0.1) is 0 Å². The molecule has 2 saturated carbocycles. The smallest absolute Gasteiger partial charge is 0.419 e. The predicted octanol–water partition coefficient (Wildman–Crippen LogP) is 1.70. The lowest BCUT2D eigenvalue weighted by Gasteiger charge is -2.33. The van der Waals surface area contributed by atoms with Crippen molar-refractivity contribution in [2.24, 2.45) is 11.5 Å². The van der Waals surface area contributed by atoms with Gasteiger partial charge in [-0.3, -0.25) is 11.5 Å². The minimum Gasteiger partial charge on any atom is -0.436 e. The van der Waals surface area contributed by atoms with E-state index in [9.17, 15) is 9.59 Å². The molecule has 120 valence electrons. The zero-order valence-electron chi connectivity index (χ0n) is 12.6. The van der Waals surface area contributed by atoms with Crippen LogP contribution < -0.4 is 11.5 Å². The molecule has 0 bridgehead atoms. The molecule has 0 aromatic carbocycles. The van der Waals surface area contributed by atoms with E-state index < -0.39 is 23.4 Å². The van der Waals surface area contributed by atoms with Gasteiger partial charge in [0.05, 0.1) is 0 Å². The number of hydrogen-bond donors (Lipinski definition) is 2. The summed E-state index contributed by atoms with van der Waals surface area (Å²) in [6, 6.07) is 0. The topological polar surface area (TPSA) is 105 Å². The van der Waals surface area contributed by atoms with Crippen molar-refractivity contribution < 1.29 is 19.1 Å². The van der Waals surface area contributed by atoms with E-state index in [1.807, 2.05) is 0 Å². The molecule has 21 heavy (non-hydrogen) atoms. The van der Waals surface area contributed by atoms with E-state index in [1.54, 1.807) is 0 Å². The molecule has 0 aliphatic heterocycles. The Morgan fingerprint density at radius 3 is 1.24 bits per heavy atom. The van der Waals surface area contributed by atoms with E-state index in [0.29, 0.717) is 25.7 Å². The van der Waals surface area contributed by atoms with Crippen LogP contribution in [0, 0.1) is 0 Å². The molecule has 0 aromatic heterocycles. The Morgan fingerprint density at radius 2 is 0.905 bits per heavy atom. The van der Waals surface area contributed by atoms with Gasteiger partial charge in [-0.05, 0) is 25.7 Å². The number of ether oxygens (including phenoxy) is 2. The van der Waals surface area contributed by atoms with Crippen LogP contribution in [0.15, 0.2) is 0 Å². The summed E-state index contributed by atoms with van der Waals surface area (Å²) in [6.07, 6.45) is 9.17. The number of hydrogen-bond acceptors (Lipinski definition) is 6. The minimum absolute atomic E-state index is 0.583. The van der Waals surface area contributed by atoms with Crippen molar-refractivity contribution in [3.05, 3.63) is 0 Å². The molecular formula is C15H26N2O4. The molecule has 0 atom stereocenters. The highest BCUT2D eigenvalue weighted by molar-refractivity contribution is 6.29. The summed E-state index contributed by atoms with van der Waals surface area (Å²) in [4.78, 5) is 23.8. The lowest BCUT2D eigenvalue weighted by Crippen LogP contribution is -2.50. The number of nitrogens with two attached hydrogens (primary N) is 2. The summed E-state index contributed by atoms with van der Waals surface area (Å²) in [5, 5.41) is 0. The lowest BCUT2D eigenvalue weighted by molar-refractivity contribution is -0.188. The fraction of sp³-hybridized carbons (Fsp3) is 0.867. The first kappa shape index (κ1) is 16.2. The zero-order valence-corrected chi connectivity index (χ0v) is 12.6. The van der Waals surface area contributed by atoms with Gasteiger partial charge in [0.15, 0.2) is 11.4 Å². The van der Waals surface area contributed by atoms with E-state index in [4.69, 9.17) is 20.9 Å². The molecule has 2 aliphatic carbocycles. The quantitative estimate of drug-likeness (QED) is 0.348. The van der Waals surface area contributed by atoms with Crippen LogP contribution in [0.25, 0.3) is 0 Å². The second kappa shape index (κ2) is 6.75. The Labute approximate surface area is 125 Å². The van der Waals surface area contributed by atoms with Gasteiger partial charge in [0.1, 0.15) is 0 Å². The molecule has 2 aliphatic rings. The van der Waals surface area contributed by atoms with Crippen molar-refractivity contribution >= 4 is 11.9 Å². The Bertz CT molecular complexity index is 383. The first-order valence-electron chi connectivity index (χ1n) is 7.97. The van der Waals surface area contributed by atoms with E-state index in [1.165, 1.54) is 0 Å². The number of rotatable bonds is 2. The van der Waals surface area contributed by atoms with Crippen LogP contribution in [0.4, 0.5) is 0 Å². The van der Waals surface area contributed by atoms with Gasteiger partial charge in [-0.25, -0.2) is 9.59 Å². The molecule has 0 spiro atoms. The first-order valence-corrected chi connectivity index (χ1v) is 7.97. The Hall–Kier alpha value is -1.14. The average Bonchev–Trinajstić information content (AvgIpc) is 2.63. The Kier molecular flexibility index (Phi) is 5.22. The van der Waals surface area contributed by atoms with Gasteiger partial charge in [0.2, 0.25) is 0 Å². The molecule has 0 aromatic rings. The van der Waals surface area contributed by atoms with Crippen molar-refractivity contribution in [3.8, 4) is 0 Å². The van der Waals surface area contributed by atoms with Gasteiger partial charge >= 0.3 is 11.9 Å². The third-order valence-electron chi connectivity index (χ3n) is 4.41. The van der Waals surface area contributed by atoms with Gasteiger partial charge < -0.3 is 9.47 Å². The highest BCUT2D eigenvalue weighted by Gasteiger charge is 2.38. The maximum Gasteiger partial charge on any atom is 0.419 e. The van der Waals surface area contributed by atoms with Crippen LogP contribution >= 0.6 is 0 Å². The monoisotopic (exact) mass is 298 g/mol. The first-order chi connectivity index (χ1) is 9.93. The van der Waals surface area contributed by atoms with Crippen molar-refractivity contribution in [2.75, 3.05) is 0 Å². The molecule has 0 saturated heterocycles. The summed E-state index contributed by atoms with van der Waals surface area (Å²) in [7, 11) is 0. The third-order valence-corrected chi connectivity index (χ3v) is 4.41. The van der Waals surface area contributed by atoms with Gasteiger partial charge in [0, 0.05) is 25.7 Å². The Balaban J connectivity index is 1.88. The Morgan fingerprint density at radius 1 is 0.619 bits per heavy atom. The molecule has 2 rings (SSSR count). The third kappa shape index (κ3) is 4.68. The number of carbonyl (C=O) groups is 2. The molecule has 6 heteroatoms. The van der Waals surface area contributed by atoms with Crippen LogP contribution in [-0.2, 0) is 19.1 Å². The minimum atomic E-state index is -1.04. The van der Waals surface area contributed by atoms with Crippen LogP contribution in [0.2, 0.25) is 0 Å². The maximum atomic E-state index is 11.9. The van der Waals surface area contributed by atoms with Crippen LogP contribution in [0.3, 0.4) is 0 Å². The summed E-state index contributed by atoms with van der Waals surface area (Å²) in [5.41, 5.74) is 10.0. The van der Waals surface area contributed by atoms with E-state index in [-0.39, 0.29) is 0 Å². The van der Waals surface area contributed by atoms with Crippen molar-refractivity contribution in [1.82, 2.24) is 0 Å². The van der Waals surface area contributed by atoms with E-state index in [2.05, 4.69) is 0 Å². The average molecular weight is 298 g/mol. The molecule has 6 nitrogen and oxygen atoms in total. The maximum absolute atomic E-state index is 11.9. The molecule has 4 N–H and O–H groups in total. The highest BCUT2D eigenvalue weighted by Crippen LogP contribution is 2.28.